The van der Waals surface area contributed by atoms with Gasteiger partial charge in [-0.1, -0.05) is 17.7 Å². The summed E-state index contributed by atoms with van der Waals surface area (Å²) in [5.74, 6) is -0.778. The molecule has 1 aromatic carbocycles. The number of nitrogens with two attached hydrogens (primary N) is 1. The lowest BCUT2D eigenvalue weighted by Gasteiger charge is -2.21. The van der Waals surface area contributed by atoms with E-state index in [9.17, 15) is 9.18 Å². The lowest BCUT2D eigenvalue weighted by molar-refractivity contribution is -0.132. The van der Waals surface area contributed by atoms with Crippen molar-refractivity contribution in [3.63, 3.8) is 0 Å². The molecule has 0 bridgehead atoms. The van der Waals surface area contributed by atoms with Crippen molar-refractivity contribution >= 4 is 17.5 Å². The van der Waals surface area contributed by atoms with Crippen LogP contribution in [-0.4, -0.2) is 27.6 Å². The maximum absolute atomic E-state index is 13.7. The lowest BCUT2D eigenvalue weighted by Crippen LogP contribution is -2.35. The number of carbonyl (C=O) groups excluding carboxylic acids is 1. The second-order valence-electron chi connectivity index (χ2n) is 4.82. The van der Waals surface area contributed by atoms with Crippen molar-refractivity contribution in [3.05, 3.63) is 52.6 Å². The molecule has 0 radical (unpaired) electrons. The first-order valence-corrected chi connectivity index (χ1v) is 6.70. The maximum Gasteiger partial charge on any atom is 0.244 e. The lowest BCUT2D eigenvalue weighted by atomic mass is 10.1. The number of aryl methyl sites for hydroxylation is 1. The van der Waals surface area contributed by atoms with E-state index >= 15 is 0 Å². The highest BCUT2D eigenvalue weighted by Gasteiger charge is 2.22. The van der Waals surface area contributed by atoms with E-state index in [2.05, 4.69) is 5.10 Å². The minimum absolute atomic E-state index is 0.0539. The highest BCUT2D eigenvalue weighted by atomic mass is 35.5. The second-order valence-corrected chi connectivity index (χ2v) is 5.23. The third-order valence-corrected chi connectivity index (χ3v) is 3.54. The molecule has 21 heavy (non-hydrogen) atoms. The quantitative estimate of drug-likeness (QED) is 0.937. The van der Waals surface area contributed by atoms with Crippen molar-refractivity contribution in [2.45, 2.75) is 12.6 Å². The molecular weight excluding hydrogens is 295 g/mol. The molecule has 2 N–H and O–H groups in total. The Kier molecular flexibility index (Phi) is 4.59. The number of nitrogens with zero attached hydrogens (tertiary/aromatic N) is 3. The van der Waals surface area contributed by atoms with Crippen molar-refractivity contribution in [3.8, 4) is 0 Å². The number of carbonyl (C=O) groups is 1. The van der Waals surface area contributed by atoms with Crippen LogP contribution in [0.5, 0.6) is 0 Å². The van der Waals surface area contributed by atoms with Gasteiger partial charge in [0.05, 0.1) is 6.20 Å². The smallest absolute Gasteiger partial charge is 0.244 e. The summed E-state index contributed by atoms with van der Waals surface area (Å²) in [6, 6.07) is 3.57. The Labute approximate surface area is 127 Å². The summed E-state index contributed by atoms with van der Waals surface area (Å²) in [5, 5.41) is 4.26. The number of amides is 1. The van der Waals surface area contributed by atoms with Crippen molar-refractivity contribution in [2.24, 2.45) is 12.8 Å². The van der Waals surface area contributed by atoms with Crippen LogP contribution >= 0.6 is 11.6 Å². The summed E-state index contributed by atoms with van der Waals surface area (Å²) in [5.41, 5.74) is 6.79. The van der Waals surface area contributed by atoms with E-state index in [1.165, 1.54) is 23.2 Å². The van der Waals surface area contributed by atoms with Crippen LogP contribution in [0, 0.1) is 5.82 Å². The van der Waals surface area contributed by atoms with Crippen molar-refractivity contribution in [2.75, 3.05) is 7.05 Å². The van der Waals surface area contributed by atoms with E-state index in [1.807, 2.05) is 0 Å². The van der Waals surface area contributed by atoms with Crippen LogP contribution in [0.1, 0.15) is 17.2 Å². The van der Waals surface area contributed by atoms with Crippen LogP contribution in [0.3, 0.4) is 0 Å². The number of halogens is 2. The van der Waals surface area contributed by atoms with Gasteiger partial charge in [0.15, 0.2) is 0 Å². The Bertz CT molecular complexity index is 638. The number of hydrogen-bond acceptors (Lipinski definition) is 3. The zero-order chi connectivity index (χ0) is 15.6. The molecule has 0 fully saturated rings. The molecule has 112 valence electrons. The van der Waals surface area contributed by atoms with Gasteiger partial charge in [0.25, 0.3) is 0 Å². The Morgan fingerprint density at radius 1 is 1.57 bits per heavy atom. The molecule has 0 saturated heterocycles. The number of hydrogen-bond donors (Lipinski definition) is 1. The molecule has 0 aliphatic carbocycles. The van der Waals surface area contributed by atoms with Gasteiger partial charge < -0.3 is 10.6 Å². The highest BCUT2D eigenvalue weighted by Crippen LogP contribution is 2.21. The molecule has 7 heteroatoms. The summed E-state index contributed by atoms with van der Waals surface area (Å²) in [6.07, 6.45) is 3.21. The van der Waals surface area contributed by atoms with Gasteiger partial charge >= 0.3 is 0 Å². The molecule has 2 aromatic rings. The van der Waals surface area contributed by atoms with Crippen LogP contribution < -0.4 is 5.73 Å². The fourth-order valence-corrected chi connectivity index (χ4v) is 2.20. The van der Waals surface area contributed by atoms with Crippen LogP contribution in [0.15, 0.2) is 30.6 Å². The molecular formula is C14H16ClFN4O. The number of likely N-dealkylation sites (N-methyl/N-ethyl adjacent to an activating group) is 1. The van der Waals surface area contributed by atoms with Gasteiger partial charge in [-0.05, 0) is 12.1 Å². The van der Waals surface area contributed by atoms with Crippen molar-refractivity contribution < 1.29 is 9.18 Å². The Hall–Kier alpha value is -1.92. The minimum Gasteiger partial charge on any atom is -0.340 e. The van der Waals surface area contributed by atoms with E-state index in [0.29, 0.717) is 5.56 Å². The van der Waals surface area contributed by atoms with Crippen molar-refractivity contribution in [1.29, 1.82) is 0 Å². The third-order valence-electron chi connectivity index (χ3n) is 3.18. The second kappa shape index (κ2) is 6.24. The molecule has 5 nitrogen and oxygen atoms in total. The average Bonchev–Trinajstić information content (AvgIpc) is 2.87. The Morgan fingerprint density at radius 2 is 2.29 bits per heavy atom. The molecule has 1 aromatic heterocycles. The molecule has 1 amide bonds. The van der Waals surface area contributed by atoms with Gasteiger partial charge in [-0.15, -0.1) is 0 Å². The number of aromatic nitrogens is 2. The van der Waals surface area contributed by atoms with E-state index in [0.717, 1.165) is 0 Å². The Balaban J connectivity index is 2.13. The van der Waals surface area contributed by atoms with Crippen LogP contribution in [0.4, 0.5) is 4.39 Å². The Morgan fingerprint density at radius 3 is 2.86 bits per heavy atom. The van der Waals surface area contributed by atoms with Crippen LogP contribution in [0.2, 0.25) is 5.02 Å². The average molecular weight is 311 g/mol. The summed E-state index contributed by atoms with van der Waals surface area (Å²) in [4.78, 5) is 13.6. The minimum atomic E-state index is -0.839. The van der Waals surface area contributed by atoms with E-state index in [1.54, 1.807) is 31.0 Å². The van der Waals surface area contributed by atoms with E-state index in [4.69, 9.17) is 17.3 Å². The molecule has 2 rings (SSSR count). The van der Waals surface area contributed by atoms with Gasteiger partial charge in [-0.3, -0.25) is 9.48 Å². The summed E-state index contributed by atoms with van der Waals surface area (Å²) >= 11 is 5.96. The summed E-state index contributed by atoms with van der Waals surface area (Å²) < 4.78 is 15.3. The topological polar surface area (TPSA) is 64.2 Å². The van der Waals surface area contributed by atoms with Gasteiger partial charge in [0.1, 0.15) is 11.9 Å². The summed E-state index contributed by atoms with van der Waals surface area (Å²) in [7, 11) is 3.30. The summed E-state index contributed by atoms with van der Waals surface area (Å²) in [6.45, 7) is 0.0539. The highest BCUT2D eigenvalue weighted by molar-refractivity contribution is 6.31. The van der Waals surface area contributed by atoms with Crippen LogP contribution in [0.25, 0.3) is 0 Å². The molecule has 0 aliphatic heterocycles. The first-order valence-electron chi connectivity index (χ1n) is 6.32. The zero-order valence-corrected chi connectivity index (χ0v) is 12.5. The monoisotopic (exact) mass is 310 g/mol. The van der Waals surface area contributed by atoms with Gasteiger partial charge in [-0.2, -0.15) is 5.10 Å². The number of rotatable bonds is 4. The van der Waals surface area contributed by atoms with Crippen molar-refractivity contribution in [1.82, 2.24) is 14.7 Å². The predicted molar refractivity (Wildman–Crippen MR) is 78.0 cm³/mol. The predicted octanol–water partition coefficient (Wildman–Crippen LogP) is 1.87. The molecule has 1 atom stereocenters. The number of benzene rings is 1. The third kappa shape index (κ3) is 3.40. The molecule has 0 saturated carbocycles. The molecule has 1 heterocycles. The van der Waals surface area contributed by atoms with E-state index < -0.39 is 11.9 Å². The molecule has 0 aliphatic rings. The van der Waals surface area contributed by atoms with Gasteiger partial charge in [0, 0.05) is 43.0 Å². The molecule has 0 spiro atoms. The van der Waals surface area contributed by atoms with Gasteiger partial charge in [0.2, 0.25) is 5.91 Å². The first-order chi connectivity index (χ1) is 9.90. The molecule has 1 unspecified atom stereocenters. The largest absolute Gasteiger partial charge is 0.340 e. The normalized spacial score (nSPS) is 12.2. The van der Waals surface area contributed by atoms with Crippen LogP contribution in [-0.2, 0) is 18.4 Å². The van der Waals surface area contributed by atoms with E-state index in [-0.39, 0.29) is 23.0 Å². The first kappa shape index (κ1) is 15.5. The standard InChI is InChI=1S/C14H16ClFN4O/c1-19(8-10-11(15)4-3-5-12(10)16)14(21)13(17)9-6-18-20(2)7-9/h3-7,13H,8,17H2,1-2H3. The fraction of sp³-hybridized carbons (Fsp3) is 0.286. The SMILES string of the molecule is CN(Cc1c(F)cccc1Cl)C(=O)C(N)c1cnn(C)c1. The van der Waals surface area contributed by atoms with Gasteiger partial charge in [-0.25, -0.2) is 4.39 Å². The zero-order valence-electron chi connectivity index (χ0n) is 11.8. The fourth-order valence-electron chi connectivity index (χ4n) is 1.98. The maximum atomic E-state index is 13.7.